The van der Waals surface area contributed by atoms with Gasteiger partial charge in [0.1, 0.15) is 23.2 Å². The zero-order valence-electron chi connectivity index (χ0n) is 24.0. The number of carbonyl (C=O) groups is 1. The minimum atomic E-state index is -0.430. The third-order valence-electron chi connectivity index (χ3n) is 8.17. The Balaban J connectivity index is 1.23. The van der Waals surface area contributed by atoms with Crippen LogP contribution in [0, 0.1) is 11.2 Å². The molecule has 0 unspecified atom stereocenters. The van der Waals surface area contributed by atoms with Crippen molar-refractivity contribution < 1.29 is 28.2 Å². The summed E-state index contributed by atoms with van der Waals surface area (Å²) in [5, 5.41) is 4.47. The lowest BCUT2D eigenvalue weighted by Crippen LogP contribution is -2.61. The summed E-state index contributed by atoms with van der Waals surface area (Å²) in [5.74, 6) is 2.08. The zero-order chi connectivity index (χ0) is 28.3. The van der Waals surface area contributed by atoms with Crippen LogP contribution in [-0.4, -0.2) is 73.2 Å². The maximum absolute atomic E-state index is 13.7. The molecular formula is C31H40FN3O5. The van der Waals surface area contributed by atoms with E-state index in [-0.39, 0.29) is 17.4 Å². The molecule has 5 rings (SSSR count). The molecule has 3 aliphatic heterocycles. The van der Waals surface area contributed by atoms with Gasteiger partial charge < -0.3 is 23.9 Å². The van der Waals surface area contributed by atoms with Crippen molar-refractivity contribution in [1.82, 2.24) is 9.80 Å². The largest absolute Gasteiger partial charge is 0.493 e. The van der Waals surface area contributed by atoms with Gasteiger partial charge in [0.15, 0.2) is 5.60 Å². The molecule has 1 spiro atoms. The van der Waals surface area contributed by atoms with Crippen LogP contribution in [0.25, 0.3) is 11.1 Å². The second-order valence-electron chi connectivity index (χ2n) is 11.2. The maximum atomic E-state index is 13.7. The van der Waals surface area contributed by atoms with Crippen LogP contribution in [0.2, 0.25) is 0 Å². The van der Waals surface area contributed by atoms with E-state index in [4.69, 9.17) is 19.0 Å². The lowest BCUT2D eigenvalue weighted by molar-refractivity contribution is -0.156. The first kappa shape index (κ1) is 28.2. The first-order valence-electron chi connectivity index (χ1n) is 14.4. The van der Waals surface area contributed by atoms with E-state index in [1.54, 1.807) is 12.1 Å². The second kappa shape index (κ2) is 11.6. The van der Waals surface area contributed by atoms with Crippen molar-refractivity contribution in [3.05, 3.63) is 47.8 Å². The third-order valence-corrected chi connectivity index (χ3v) is 8.17. The molecule has 2 aromatic rings. The van der Waals surface area contributed by atoms with Gasteiger partial charge in [0, 0.05) is 38.3 Å². The van der Waals surface area contributed by atoms with Gasteiger partial charge in [0.25, 0.3) is 0 Å². The molecule has 0 atom stereocenters. The highest BCUT2D eigenvalue weighted by Crippen LogP contribution is 2.44. The summed E-state index contributed by atoms with van der Waals surface area (Å²) in [4.78, 5) is 23.0. The number of esters is 1. The highest BCUT2D eigenvalue weighted by Gasteiger charge is 2.51. The zero-order valence-corrected chi connectivity index (χ0v) is 24.0. The number of nitrogens with zero attached hydrogens (tertiary/aromatic N) is 3. The van der Waals surface area contributed by atoms with Gasteiger partial charge in [0.05, 0.1) is 37.2 Å². The summed E-state index contributed by atoms with van der Waals surface area (Å²) >= 11 is 0. The number of piperidine rings is 1. The van der Waals surface area contributed by atoms with Crippen LogP contribution < -0.4 is 9.47 Å². The van der Waals surface area contributed by atoms with Gasteiger partial charge in [-0.25, -0.2) is 4.39 Å². The van der Waals surface area contributed by atoms with E-state index < -0.39 is 5.41 Å². The van der Waals surface area contributed by atoms with E-state index in [9.17, 15) is 9.18 Å². The SMILES string of the molecule is CCOC(=O)C1(C)CCN(C2=NOC3(C2)CN(Cc2ccc(OCC)c(-c4ccc(F)cc4)c2OCC)C3)CC1. The fourth-order valence-corrected chi connectivity index (χ4v) is 5.94. The molecular weight excluding hydrogens is 513 g/mol. The Morgan fingerprint density at radius 3 is 2.35 bits per heavy atom. The summed E-state index contributed by atoms with van der Waals surface area (Å²) < 4.78 is 31.1. The first-order valence-corrected chi connectivity index (χ1v) is 14.4. The number of oxime groups is 1. The average molecular weight is 554 g/mol. The van der Waals surface area contributed by atoms with E-state index in [0.717, 1.165) is 79.5 Å². The fourth-order valence-electron chi connectivity index (χ4n) is 5.94. The lowest BCUT2D eigenvalue weighted by Gasteiger charge is -2.46. The van der Waals surface area contributed by atoms with Crippen molar-refractivity contribution in [2.24, 2.45) is 10.6 Å². The maximum Gasteiger partial charge on any atom is 0.311 e. The molecule has 0 N–H and O–H groups in total. The Morgan fingerprint density at radius 1 is 1.00 bits per heavy atom. The number of rotatable bonds is 9. The molecule has 3 aliphatic rings. The quantitative estimate of drug-likeness (QED) is 0.393. The summed E-state index contributed by atoms with van der Waals surface area (Å²) in [6.07, 6.45) is 2.26. The molecule has 216 valence electrons. The van der Waals surface area contributed by atoms with Gasteiger partial charge in [-0.15, -0.1) is 0 Å². The van der Waals surface area contributed by atoms with Gasteiger partial charge in [-0.1, -0.05) is 23.4 Å². The van der Waals surface area contributed by atoms with E-state index in [1.807, 2.05) is 33.8 Å². The predicted octanol–water partition coefficient (Wildman–Crippen LogP) is 5.24. The van der Waals surface area contributed by atoms with Crippen LogP contribution in [0.1, 0.15) is 52.5 Å². The molecule has 8 nitrogen and oxygen atoms in total. The van der Waals surface area contributed by atoms with E-state index >= 15 is 0 Å². The molecule has 0 amide bonds. The molecule has 0 aliphatic carbocycles. The summed E-state index contributed by atoms with van der Waals surface area (Å²) in [7, 11) is 0. The molecule has 0 aromatic heterocycles. The van der Waals surface area contributed by atoms with Gasteiger partial charge in [0.2, 0.25) is 0 Å². The standard InChI is InChI=1S/C31H40FN3O5/c1-5-37-25-13-10-23(28(38-6-2)27(25)22-8-11-24(32)12-9-22)19-34-20-31(21-34)18-26(33-40-31)35-16-14-30(4,15-17-35)29(36)39-7-3/h8-13H,5-7,14-21H2,1-4H3. The van der Waals surface area contributed by atoms with Crippen LogP contribution in [-0.2, 0) is 20.9 Å². The van der Waals surface area contributed by atoms with Gasteiger partial charge >= 0.3 is 5.97 Å². The smallest absolute Gasteiger partial charge is 0.311 e. The molecule has 0 saturated carbocycles. The molecule has 2 aromatic carbocycles. The second-order valence-corrected chi connectivity index (χ2v) is 11.2. The molecule has 2 saturated heterocycles. The Kier molecular flexibility index (Phi) is 8.21. The van der Waals surface area contributed by atoms with Gasteiger partial charge in [-0.3, -0.25) is 9.69 Å². The van der Waals surface area contributed by atoms with Crippen molar-refractivity contribution in [2.45, 2.75) is 59.1 Å². The van der Waals surface area contributed by atoms with E-state index in [2.05, 4.69) is 21.0 Å². The number of carbonyl (C=O) groups excluding carboxylic acids is 1. The minimum absolute atomic E-state index is 0.103. The van der Waals surface area contributed by atoms with Crippen LogP contribution in [0.3, 0.4) is 0 Å². The van der Waals surface area contributed by atoms with Crippen molar-refractivity contribution in [1.29, 1.82) is 0 Å². The number of ether oxygens (including phenoxy) is 3. The lowest BCUT2D eigenvalue weighted by atomic mass is 9.80. The van der Waals surface area contributed by atoms with Crippen LogP contribution in [0.4, 0.5) is 4.39 Å². The van der Waals surface area contributed by atoms with E-state index in [0.29, 0.717) is 26.4 Å². The molecule has 3 heterocycles. The Bertz CT molecular complexity index is 1230. The first-order chi connectivity index (χ1) is 19.3. The fraction of sp³-hybridized carbons (Fsp3) is 0.548. The normalized spacial score (nSPS) is 19.5. The Hall–Kier alpha value is -3.33. The molecule has 0 radical (unpaired) electrons. The summed E-state index contributed by atoms with van der Waals surface area (Å²) in [6, 6.07) is 10.5. The molecule has 40 heavy (non-hydrogen) atoms. The van der Waals surface area contributed by atoms with Crippen molar-refractivity contribution in [3.8, 4) is 22.6 Å². The van der Waals surface area contributed by atoms with Crippen LogP contribution in [0.5, 0.6) is 11.5 Å². The number of benzene rings is 2. The van der Waals surface area contributed by atoms with Crippen molar-refractivity contribution >= 4 is 11.8 Å². The number of halogens is 1. The van der Waals surface area contributed by atoms with Crippen LogP contribution >= 0.6 is 0 Å². The predicted molar refractivity (Wildman–Crippen MR) is 151 cm³/mol. The van der Waals surface area contributed by atoms with Crippen molar-refractivity contribution in [2.75, 3.05) is 46.0 Å². The Morgan fingerprint density at radius 2 is 1.70 bits per heavy atom. The molecule has 9 heteroatoms. The van der Waals surface area contributed by atoms with Gasteiger partial charge in [-0.05, 0) is 64.3 Å². The van der Waals surface area contributed by atoms with E-state index in [1.165, 1.54) is 12.1 Å². The highest BCUT2D eigenvalue weighted by molar-refractivity contribution is 5.85. The third kappa shape index (κ3) is 5.61. The van der Waals surface area contributed by atoms with Gasteiger partial charge in [-0.2, -0.15) is 0 Å². The molecule has 0 bridgehead atoms. The average Bonchev–Trinajstić information content (AvgIpc) is 3.37. The number of likely N-dealkylation sites (tertiary alicyclic amines) is 2. The minimum Gasteiger partial charge on any atom is -0.493 e. The molecule has 2 fully saturated rings. The van der Waals surface area contributed by atoms with Crippen LogP contribution in [0.15, 0.2) is 41.6 Å². The monoisotopic (exact) mass is 553 g/mol. The number of amidine groups is 1. The summed E-state index contributed by atoms with van der Waals surface area (Å²) in [6.45, 7) is 13.0. The number of hydrogen-bond acceptors (Lipinski definition) is 8. The van der Waals surface area contributed by atoms with Crippen molar-refractivity contribution in [3.63, 3.8) is 0 Å². The highest BCUT2D eigenvalue weighted by atomic mass is 19.1. The topological polar surface area (TPSA) is 72.8 Å². The number of hydrogen-bond donors (Lipinski definition) is 0. The Labute approximate surface area is 236 Å². The summed E-state index contributed by atoms with van der Waals surface area (Å²) in [5.41, 5.74) is 2.01.